The molecule has 11 heteroatoms. The Kier molecular flexibility index (Phi) is 11.3. The lowest BCUT2D eigenvalue weighted by molar-refractivity contribution is -0.274. The second-order valence-electron chi connectivity index (χ2n) is 10.7. The van der Waals surface area contributed by atoms with Crippen molar-refractivity contribution in [3.05, 3.63) is 60.2 Å². The highest BCUT2D eigenvalue weighted by molar-refractivity contribution is 5.89. The molecule has 0 aromatic heterocycles. The second kappa shape index (κ2) is 15.1. The van der Waals surface area contributed by atoms with E-state index in [4.69, 9.17) is 4.74 Å². The number of nitrogens with zero attached hydrogens (tertiary/aromatic N) is 1. The number of benzene rings is 2. The van der Waals surface area contributed by atoms with E-state index in [2.05, 4.69) is 37.7 Å². The lowest BCUT2D eigenvalue weighted by Crippen LogP contribution is -2.55. The van der Waals surface area contributed by atoms with Crippen LogP contribution >= 0.6 is 0 Å². The Bertz CT molecular complexity index is 1100. The van der Waals surface area contributed by atoms with Crippen LogP contribution in [-0.4, -0.2) is 68.0 Å². The van der Waals surface area contributed by atoms with Crippen molar-refractivity contribution in [3.8, 4) is 5.75 Å². The fourth-order valence-electron chi connectivity index (χ4n) is 5.39. The predicted molar refractivity (Wildman–Crippen MR) is 149 cm³/mol. The van der Waals surface area contributed by atoms with E-state index in [9.17, 15) is 22.8 Å². The van der Waals surface area contributed by atoms with Gasteiger partial charge < -0.3 is 25.4 Å². The lowest BCUT2D eigenvalue weighted by Gasteiger charge is -2.33. The largest absolute Gasteiger partial charge is 0.573 e. The van der Waals surface area contributed by atoms with Crippen molar-refractivity contribution < 1.29 is 32.2 Å². The number of ether oxygens (including phenoxy) is 2. The summed E-state index contributed by atoms with van der Waals surface area (Å²) in [7, 11) is 0. The summed E-state index contributed by atoms with van der Waals surface area (Å²) in [6, 6.07) is 14.8. The Morgan fingerprint density at radius 2 is 1.73 bits per heavy atom. The molecule has 0 radical (unpaired) electrons. The van der Waals surface area contributed by atoms with Crippen molar-refractivity contribution in [1.82, 2.24) is 15.5 Å². The molecule has 4 rings (SSSR count). The van der Waals surface area contributed by atoms with Crippen molar-refractivity contribution in [2.24, 2.45) is 5.92 Å². The molecule has 2 aromatic carbocycles. The van der Waals surface area contributed by atoms with E-state index in [1.165, 1.54) is 36.2 Å². The zero-order chi connectivity index (χ0) is 29.1. The van der Waals surface area contributed by atoms with E-state index in [0.717, 1.165) is 38.8 Å². The SMILES string of the molecule is O=C(NCCNc1ccc(OC(F)(F)F)cc1)C(CC1CCCCC1)NC(=O)[C@@H]1CN(Cc2ccccc2)CCO1. The molecular weight excluding hydrogens is 537 g/mol. The Labute approximate surface area is 239 Å². The Morgan fingerprint density at radius 1 is 1.00 bits per heavy atom. The molecule has 2 amide bonds. The molecule has 224 valence electrons. The number of halogens is 3. The van der Waals surface area contributed by atoms with E-state index in [1.807, 2.05) is 18.2 Å². The van der Waals surface area contributed by atoms with Gasteiger partial charge in [-0.25, -0.2) is 0 Å². The first-order valence-corrected chi connectivity index (χ1v) is 14.3. The first-order valence-electron chi connectivity index (χ1n) is 14.3. The predicted octanol–water partition coefficient (Wildman–Crippen LogP) is 4.47. The lowest BCUT2D eigenvalue weighted by atomic mass is 9.84. The third-order valence-electron chi connectivity index (χ3n) is 7.46. The van der Waals surface area contributed by atoms with E-state index < -0.39 is 18.5 Å². The first kappa shape index (κ1) is 30.6. The molecule has 8 nitrogen and oxygen atoms in total. The number of rotatable bonds is 12. The summed E-state index contributed by atoms with van der Waals surface area (Å²) >= 11 is 0. The maximum Gasteiger partial charge on any atom is 0.573 e. The summed E-state index contributed by atoms with van der Waals surface area (Å²) in [5.74, 6) is -0.463. The number of nitrogens with one attached hydrogen (secondary N) is 3. The third kappa shape index (κ3) is 10.6. The highest BCUT2D eigenvalue weighted by atomic mass is 19.4. The molecule has 2 fully saturated rings. The van der Waals surface area contributed by atoms with Gasteiger partial charge in [-0.2, -0.15) is 0 Å². The molecule has 1 aliphatic heterocycles. The van der Waals surface area contributed by atoms with Gasteiger partial charge in [0.15, 0.2) is 0 Å². The van der Waals surface area contributed by atoms with E-state index >= 15 is 0 Å². The number of morpholine rings is 1. The van der Waals surface area contributed by atoms with Crippen molar-refractivity contribution in [2.75, 3.05) is 38.1 Å². The van der Waals surface area contributed by atoms with Crippen LogP contribution in [0.15, 0.2) is 54.6 Å². The molecule has 3 N–H and O–H groups in total. The number of anilines is 1. The van der Waals surface area contributed by atoms with Gasteiger partial charge >= 0.3 is 6.36 Å². The quantitative estimate of drug-likeness (QED) is 0.323. The monoisotopic (exact) mass is 576 g/mol. The molecule has 1 heterocycles. The average Bonchev–Trinajstić information content (AvgIpc) is 2.96. The maximum absolute atomic E-state index is 13.2. The van der Waals surface area contributed by atoms with Crippen LogP contribution in [-0.2, 0) is 20.9 Å². The Morgan fingerprint density at radius 3 is 2.44 bits per heavy atom. The summed E-state index contributed by atoms with van der Waals surface area (Å²) in [6.45, 7) is 2.99. The van der Waals surface area contributed by atoms with Crippen molar-refractivity contribution >= 4 is 17.5 Å². The summed E-state index contributed by atoms with van der Waals surface area (Å²) in [6.07, 6.45) is 0.718. The number of hydrogen-bond acceptors (Lipinski definition) is 6. The number of carbonyl (C=O) groups excluding carboxylic acids is 2. The van der Waals surface area contributed by atoms with Crippen LogP contribution in [0.5, 0.6) is 5.75 Å². The smallest absolute Gasteiger partial charge is 0.406 e. The maximum atomic E-state index is 13.2. The van der Waals surface area contributed by atoms with Crippen molar-refractivity contribution in [3.63, 3.8) is 0 Å². The van der Waals surface area contributed by atoms with Gasteiger partial charge in [0, 0.05) is 38.4 Å². The highest BCUT2D eigenvalue weighted by Crippen LogP contribution is 2.28. The Hall–Kier alpha value is -3.31. The van der Waals surface area contributed by atoms with Crippen LogP contribution in [0.3, 0.4) is 0 Å². The van der Waals surface area contributed by atoms with Gasteiger partial charge in [0.25, 0.3) is 5.91 Å². The van der Waals surface area contributed by atoms with Gasteiger partial charge in [0.05, 0.1) is 6.61 Å². The second-order valence-corrected chi connectivity index (χ2v) is 10.7. The third-order valence-corrected chi connectivity index (χ3v) is 7.46. The van der Waals surface area contributed by atoms with Crippen LogP contribution in [0.1, 0.15) is 44.1 Å². The molecule has 1 aliphatic carbocycles. The molecule has 2 aliphatic rings. The number of alkyl halides is 3. The molecule has 2 aromatic rings. The molecule has 0 spiro atoms. The standard InChI is InChI=1S/C30H39F3N4O4/c31-30(32,33)41-25-13-11-24(12-14-25)34-15-16-35-28(38)26(19-22-7-3-1-4-8-22)36-29(39)27-21-37(17-18-40-27)20-23-9-5-2-6-10-23/h2,5-6,9-14,22,26-27,34H,1,3-4,7-8,15-21H2,(H,35,38)(H,36,39)/t26?,27-/m0/s1. The number of hydrogen-bond donors (Lipinski definition) is 3. The molecule has 1 saturated heterocycles. The highest BCUT2D eigenvalue weighted by Gasteiger charge is 2.32. The zero-order valence-corrected chi connectivity index (χ0v) is 23.1. The van der Waals surface area contributed by atoms with Crippen LogP contribution in [0, 0.1) is 5.92 Å². The van der Waals surface area contributed by atoms with Crippen LogP contribution in [0.4, 0.5) is 18.9 Å². The molecule has 0 bridgehead atoms. The molecule has 1 saturated carbocycles. The average molecular weight is 577 g/mol. The summed E-state index contributed by atoms with van der Waals surface area (Å²) in [5.41, 5.74) is 1.76. The number of carbonyl (C=O) groups is 2. The van der Waals surface area contributed by atoms with E-state index in [0.29, 0.717) is 37.7 Å². The van der Waals surface area contributed by atoms with Crippen LogP contribution in [0.2, 0.25) is 0 Å². The first-order chi connectivity index (χ1) is 19.7. The molecular formula is C30H39F3N4O4. The molecule has 41 heavy (non-hydrogen) atoms. The van der Waals surface area contributed by atoms with E-state index in [-0.39, 0.29) is 24.1 Å². The minimum absolute atomic E-state index is 0.253. The fraction of sp³-hybridized carbons (Fsp3) is 0.533. The fourth-order valence-corrected chi connectivity index (χ4v) is 5.39. The van der Waals surface area contributed by atoms with Crippen molar-refractivity contribution in [2.45, 2.75) is 63.6 Å². The van der Waals surface area contributed by atoms with E-state index in [1.54, 1.807) is 0 Å². The molecule has 2 atom stereocenters. The van der Waals surface area contributed by atoms with Crippen LogP contribution in [0.25, 0.3) is 0 Å². The van der Waals surface area contributed by atoms with Gasteiger partial charge in [-0.3, -0.25) is 14.5 Å². The minimum Gasteiger partial charge on any atom is -0.406 e. The number of amides is 2. The topological polar surface area (TPSA) is 91.9 Å². The van der Waals surface area contributed by atoms with Gasteiger partial charge in [0.2, 0.25) is 5.91 Å². The summed E-state index contributed by atoms with van der Waals surface area (Å²) < 4.78 is 46.7. The van der Waals surface area contributed by atoms with Gasteiger partial charge in [-0.05, 0) is 42.2 Å². The summed E-state index contributed by atoms with van der Waals surface area (Å²) in [5, 5.41) is 8.93. The normalized spacial score (nSPS) is 19.2. The minimum atomic E-state index is -4.74. The van der Waals surface area contributed by atoms with Gasteiger partial charge in [-0.15, -0.1) is 13.2 Å². The molecule has 1 unspecified atom stereocenters. The van der Waals surface area contributed by atoms with Gasteiger partial charge in [0.1, 0.15) is 17.9 Å². The Balaban J connectivity index is 1.27. The van der Waals surface area contributed by atoms with Crippen LogP contribution < -0.4 is 20.7 Å². The van der Waals surface area contributed by atoms with Gasteiger partial charge in [-0.1, -0.05) is 62.4 Å². The zero-order valence-electron chi connectivity index (χ0n) is 23.1. The van der Waals surface area contributed by atoms with Crippen molar-refractivity contribution in [1.29, 1.82) is 0 Å². The summed E-state index contributed by atoms with van der Waals surface area (Å²) in [4.78, 5) is 28.6.